The number of hydrogen-bond donors (Lipinski definition) is 1. The highest BCUT2D eigenvalue weighted by Gasteiger charge is 2.19. The number of rotatable bonds is 5. The molecule has 0 amide bonds. The molecule has 0 bridgehead atoms. The lowest BCUT2D eigenvalue weighted by Crippen LogP contribution is -2.45. The molecule has 1 atom stereocenters. The predicted molar refractivity (Wildman–Crippen MR) is 61.5 cm³/mol. The van der Waals surface area contributed by atoms with Gasteiger partial charge in [-0.2, -0.15) is 0 Å². The Morgan fingerprint density at radius 2 is 2.07 bits per heavy atom. The maximum absolute atomic E-state index is 11.7. The van der Waals surface area contributed by atoms with Crippen LogP contribution in [-0.4, -0.2) is 66.6 Å². The Morgan fingerprint density at radius 3 is 2.67 bits per heavy atom. The maximum Gasteiger partial charge on any atom is 0.0594 e. The van der Waals surface area contributed by atoms with Crippen molar-refractivity contribution in [3.05, 3.63) is 0 Å². The van der Waals surface area contributed by atoms with Crippen LogP contribution in [-0.2, 0) is 15.5 Å². The quantitative estimate of drug-likeness (QED) is 0.680. The first-order chi connectivity index (χ1) is 7.34. The summed E-state index contributed by atoms with van der Waals surface area (Å²) in [7, 11) is -0.623. The summed E-state index contributed by atoms with van der Waals surface area (Å²) in [5, 5.41) is 3.21. The van der Waals surface area contributed by atoms with Crippen molar-refractivity contribution in [1.82, 2.24) is 10.2 Å². The van der Waals surface area contributed by atoms with Crippen LogP contribution in [0.5, 0.6) is 0 Å². The second-order valence-electron chi connectivity index (χ2n) is 4.29. The molecule has 0 aromatic rings. The Labute approximate surface area is 93.8 Å². The van der Waals surface area contributed by atoms with Gasteiger partial charge >= 0.3 is 0 Å². The fraction of sp³-hybridized carbons (Fsp3) is 1.00. The molecule has 1 N–H and O–H groups in total. The predicted octanol–water partition coefficient (Wildman–Crippen LogP) is -0.713. The Balaban J connectivity index is 1.57. The molecule has 2 aliphatic heterocycles. The van der Waals surface area contributed by atoms with E-state index in [0.29, 0.717) is 5.92 Å². The maximum atomic E-state index is 11.7. The number of morpholine rings is 1. The van der Waals surface area contributed by atoms with Gasteiger partial charge in [-0.3, -0.25) is 9.11 Å². The summed E-state index contributed by atoms with van der Waals surface area (Å²) in [4.78, 5) is 2.35. The molecule has 5 heteroatoms. The zero-order chi connectivity index (χ0) is 10.5. The molecular formula is C10H20N2O2S. The number of nitrogens with one attached hydrogen (secondary N) is 1. The van der Waals surface area contributed by atoms with Gasteiger partial charge in [0.05, 0.1) is 13.2 Å². The molecule has 2 saturated heterocycles. The Kier molecular flexibility index (Phi) is 4.56. The van der Waals surface area contributed by atoms with Crippen LogP contribution in [0.3, 0.4) is 0 Å². The van der Waals surface area contributed by atoms with Crippen molar-refractivity contribution in [2.45, 2.75) is 0 Å². The third-order valence-electron chi connectivity index (χ3n) is 3.03. The normalized spacial score (nSPS) is 26.1. The van der Waals surface area contributed by atoms with Gasteiger partial charge in [0.2, 0.25) is 0 Å². The van der Waals surface area contributed by atoms with E-state index < -0.39 is 10.8 Å². The van der Waals surface area contributed by atoms with Crippen LogP contribution >= 0.6 is 0 Å². The second kappa shape index (κ2) is 5.94. The second-order valence-corrected chi connectivity index (χ2v) is 5.91. The third-order valence-corrected chi connectivity index (χ3v) is 4.51. The number of nitrogens with zero attached hydrogens (tertiary/aromatic N) is 1. The van der Waals surface area contributed by atoms with E-state index in [1.807, 2.05) is 0 Å². The van der Waals surface area contributed by atoms with Crippen LogP contribution in [0.15, 0.2) is 0 Å². The SMILES string of the molecule is O=S(CCN1CCOCC1)CC1CNC1. The summed E-state index contributed by atoms with van der Waals surface area (Å²) in [6.45, 7) is 6.76. The largest absolute Gasteiger partial charge is 0.379 e. The van der Waals surface area contributed by atoms with Crippen LogP contribution in [0.25, 0.3) is 0 Å². The van der Waals surface area contributed by atoms with Gasteiger partial charge in [-0.05, 0) is 5.92 Å². The Hall–Kier alpha value is 0.0300. The molecule has 88 valence electrons. The van der Waals surface area contributed by atoms with Gasteiger partial charge in [0.25, 0.3) is 0 Å². The molecule has 0 aliphatic carbocycles. The summed E-state index contributed by atoms with van der Waals surface area (Å²) in [5.41, 5.74) is 0. The summed E-state index contributed by atoms with van der Waals surface area (Å²) in [5.74, 6) is 2.38. The molecule has 0 radical (unpaired) electrons. The molecular weight excluding hydrogens is 212 g/mol. The zero-order valence-corrected chi connectivity index (χ0v) is 9.93. The van der Waals surface area contributed by atoms with E-state index in [9.17, 15) is 4.21 Å². The number of hydrogen-bond acceptors (Lipinski definition) is 4. The smallest absolute Gasteiger partial charge is 0.0594 e. The molecule has 4 nitrogen and oxygen atoms in total. The van der Waals surface area contributed by atoms with Crippen molar-refractivity contribution < 1.29 is 8.95 Å². The van der Waals surface area contributed by atoms with Crippen LogP contribution < -0.4 is 5.32 Å². The lowest BCUT2D eigenvalue weighted by molar-refractivity contribution is 0.0409. The first-order valence-electron chi connectivity index (χ1n) is 5.70. The molecule has 2 fully saturated rings. The lowest BCUT2D eigenvalue weighted by Gasteiger charge is -2.28. The molecule has 1 unspecified atom stereocenters. The van der Waals surface area contributed by atoms with Crippen molar-refractivity contribution >= 4 is 10.8 Å². The van der Waals surface area contributed by atoms with Gasteiger partial charge in [0.15, 0.2) is 0 Å². The molecule has 15 heavy (non-hydrogen) atoms. The molecule has 0 spiro atoms. The fourth-order valence-corrected chi connectivity index (χ4v) is 3.26. The topological polar surface area (TPSA) is 41.6 Å². The highest BCUT2D eigenvalue weighted by atomic mass is 32.2. The minimum absolute atomic E-state index is 0.623. The van der Waals surface area contributed by atoms with E-state index in [1.54, 1.807) is 0 Å². The van der Waals surface area contributed by atoms with Crippen molar-refractivity contribution in [2.24, 2.45) is 5.92 Å². The first kappa shape index (κ1) is 11.5. The average molecular weight is 232 g/mol. The summed E-state index contributed by atoms with van der Waals surface area (Å²) in [6.07, 6.45) is 0. The van der Waals surface area contributed by atoms with Gasteiger partial charge in [-0.15, -0.1) is 0 Å². The van der Waals surface area contributed by atoms with E-state index in [0.717, 1.165) is 57.4 Å². The zero-order valence-electron chi connectivity index (χ0n) is 9.11. The molecule has 0 aromatic carbocycles. The van der Waals surface area contributed by atoms with Crippen LogP contribution in [0, 0.1) is 5.92 Å². The van der Waals surface area contributed by atoms with Crippen molar-refractivity contribution in [3.8, 4) is 0 Å². The fourth-order valence-electron chi connectivity index (χ4n) is 1.87. The summed E-state index contributed by atoms with van der Waals surface area (Å²) in [6, 6.07) is 0. The molecule has 2 aliphatic rings. The number of ether oxygens (including phenoxy) is 1. The van der Waals surface area contributed by atoms with Crippen LogP contribution in [0.2, 0.25) is 0 Å². The highest BCUT2D eigenvalue weighted by molar-refractivity contribution is 7.85. The van der Waals surface area contributed by atoms with E-state index in [2.05, 4.69) is 10.2 Å². The first-order valence-corrected chi connectivity index (χ1v) is 7.19. The van der Waals surface area contributed by atoms with Crippen molar-refractivity contribution in [1.29, 1.82) is 0 Å². The van der Waals surface area contributed by atoms with Crippen molar-refractivity contribution in [3.63, 3.8) is 0 Å². The minimum atomic E-state index is -0.623. The molecule has 0 saturated carbocycles. The van der Waals surface area contributed by atoms with Gasteiger partial charge in [0.1, 0.15) is 0 Å². The molecule has 2 heterocycles. The standard InChI is InChI=1S/C10H20N2O2S/c13-15(9-10-7-11-8-10)6-3-12-1-4-14-5-2-12/h10-11H,1-9H2. The lowest BCUT2D eigenvalue weighted by atomic mass is 10.1. The average Bonchev–Trinajstić information content (AvgIpc) is 2.22. The Bertz CT molecular complexity index is 215. The van der Waals surface area contributed by atoms with E-state index in [4.69, 9.17) is 4.74 Å². The van der Waals surface area contributed by atoms with Crippen LogP contribution in [0.4, 0.5) is 0 Å². The Morgan fingerprint density at radius 1 is 1.33 bits per heavy atom. The summed E-state index contributed by atoms with van der Waals surface area (Å²) < 4.78 is 17.0. The van der Waals surface area contributed by atoms with Gasteiger partial charge < -0.3 is 10.1 Å². The van der Waals surface area contributed by atoms with E-state index >= 15 is 0 Å². The summed E-state index contributed by atoms with van der Waals surface area (Å²) >= 11 is 0. The van der Waals surface area contributed by atoms with Gasteiger partial charge in [-0.25, -0.2) is 0 Å². The minimum Gasteiger partial charge on any atom is -0.379 e. The monoisotopic (exact) mass is 232 g/mol. The highest BCUT2D eigenvalue weighted by Crippen LogP contribution is 2.05. The van der Waals surface area contributed by atoms with Gasteiger partial charge in [0, 0.05) is 55.0 Å². The van der Waals surface area contributed by atoms with Crippen molar-refractivity contribution in [2.75, 3.05) is 57.4 Å². The molecule has 2 rings (SSSR count). The van der Waals surface area contributed by atoms with Gasteiger partial charge in [-0.1, -0.05) is 0 Å². The third kappa shape index (κ3) is 3.83. The van der Waals surface area contributed by atoms with E-state index in [-0.39, 0.29) is 0 Å². The molecule has 0 aromatic heterocycles. The van der Waals surface area contributed by atoms with Crippen LogP contribution in [0.1, 0.15) is 0 Å². The van der Waals surface area contributed by atoms with E-state index in [1.165, 1.54) is 0 Å².